The third-order valence-electron chi connectivity index (χ3n) is 3.62. The van der Waals surface area contributed by atoms with Gasteiger partial charge in [-0.3, -0.25) is 4.79 Å². The number of carbonyl (C=O) groups is 3. The zero-order valence-electron chi connectivity index (χ0n) is 14.7. The SMILES string of the molecule is COC(=O)c1ccc(NC(=O)COC(=O)c2cccc(-n3cnnn3)c2)cc1. The maximum Gasteiger partial charge on any atom is 0.338 e. The van der Waals surface area contributed by atoms with E-state index >= 15 is 0 Å². The Kier molecular flexibility index (Phi) is 5.70. The second-order valence-corrected chi connectivity index (χ2v) is 5.50. The Bertz CT molecular complexity index is 986. The van der Waals surface area contributed by atoms with Gasteiger partial charge in [-0.2, -0.15) is 0 Å². The average molecular weight is 381 g/mol. The number of esters is 2. The van der Waals surface area contributed by atoms with Crippen molar-refractivity contribution in [2.75, 3.05) is 19.0 Å². The van der Waals surface area contributed by atoms with Gasteiger partial charge in [-0.15, -0.1) is 5.10 Å². The molecule has 0 radical (unpaired) electrons. The topological polar surface area (TPSA) is 125 Å². The standard InChI is InChI=1S/C18H15N5O5/c1-27-17(25)12-5-7-14(8-6-12)20-16(24)10-28-18(26)13-3-2-4-15(9-13)23-11-19-21-22-23/h2-9,11H,10H2,1H3,(H,20,24). The normalized spacial score (nSPS) is 10.2. The van der Waals surface area contributed by atoms with Gasteiger partial charge >= 0.3 is 11.9 Å². The molecule has 2 aromatic carbocycles. The number of carbonyl (C=O) groups excluding carboxylic acids is 3. The molecule has 0 bridgehead atoms. The van der Waals surface area contributed by atoms with E-state index in [0.29, 0.717) is 16.9 Å². The van der Waals surface area contributed by atoms with Gasteiger partial charge in [-0.05, 0) is 52.9 Å². The molecule has 1 aromatic heterocycles. The van der Waals surface area contributed by atoms with Crippen LogP contribution in [0.5, 0.6) is 0 Å². The summed E-state index contributed by atoms with van der Waals surface area (Å²) < 4.78 is 11.0. The fourth-order valence-corrected chi connectivity index (χ4v) is 2.27. The smallest absolute Gasteiger partial charge is 0.338 e. The molecule has 1 amide bonds. The number of nitrogens with one attached hydrogen (secondary N) is 1. The first-order valence-corrected chi connectivity index (χ1v) is 8.05. The van der Waals surface area contributed by atoms with Gasteiger partial charge in [0.1, 0.15) is 6.33 Å². The Balaban J connectivity index is 1.55. The highest BCUT2D eigenvalue weighted by molar-refractivity contribution is 5.96. The number of nitrogens with zero attached hydrogens (tertiary/aromatic N) is 4. The van der Waals surface area contributed by atoms with E-state index < -0.39 is 24.5 Å². The van der Waals surface area contributed by atoms with E-state index in [1.54, 1.807) is 36.4 Å². The van der Waals surface area contributed by atoms with Crippen LogP contribution in [-0.4, -0.2) is 51.8 Å². The van der Waals surface area contributed by atoms with E-state index in [2.05, 4.69) is 25.6 Å². The zero-order valence-corrected chi connectivity index (χ0v) is 14.7. The lowest BCUT2D eigenvalue weighted by Crippen LogP contribution is -2.21. The quantitative estimate of drug-likeness (QED) is 0.632. The second-order valence-electron chi connectivity index (χ2n) is 5.50. The zero-order chi connectivity index (χ0) is 19.9. The van der Waals surface area contributed by atoms with E-state index in [9.17, 15) is 14.4 Å². The number of tetrazole rings is 1. The molecular formula is C18H15N5O5. The van der Waals surface area contributed by atoms with Crippen LogP contribution in [0.3, 0.4) is 0 Å². The summed E-state index contributed by atoms with van der Waals surface area (Å²) in [5.41, 5.74) is 1.64. The van der Waals surface area contributed by atoms with Crippen LogP contribution in [0.2, 0.25) is 0 Å². The highest BCUT2D eigenvalue weighted by Crippen LogP contribution is 2.12. The minimum atomic E-state index is -0.661. The van der Waals surface area contributed by atoms with E-state index in [1.165, 1.54) is 30.3 Å². The van der Waals surface area contributed by atoms with E-state index in [4.69, 9.17) is 4.74 Å². The maximum absolute atomic E-state index is 12.2. The Labute approximate surface area is 159 Å². The van der Waals surface area contributed by atoms with E-state index in [-0.39, 0.29) is 5.56 Å². The molecule has 3 rings (SSSR count). The van der Waals surface area contributed by atoms with Crippen molar-refractivity contribution in [3.05, 3.63) is 66.0 Å². The maximum atomic E-state index is 12.2. The number of hydrogen-bond acceptors (Lipinski definition) is 8. The van der Waals surface area contributed by atoms with Gasteiger partial charge in [0.05, 0.1) is 23.9 Å². The van der Waals surface area contributed by atoms with Crippen molar-refractivity contribution in [1.82, 2.24) is 20.2 Å². The molecule has 0 saturated carbocycles. The first-order valence-electron chi connectivity index (χ1n) is 8.05. The molecule has 1 heterocycles. The molecule has 10 nitrogen and oxygen atoms in total. The average Bonchev–Trinajstić information content (AvgIpc) is 3.27. The van der Waals surface area contributed by atoms with Crippen LogP contribution < -0.4 is 5.32 Å². The summed E-state index contributed by atoms with van der Waals surface area (Å²) in [4.78, 5) is 35.5. The molecule has 0 aliphatic rings. The summed E-state index contributed by atoms with van der Waals surface area (Å²) in [6.07, 6.45) is 1.39. The number of rotatable bonds is 6. The molecule has 10 heteroatoms. The molecule has 0 spiro atoms. The number of ether oxygens (including phenoxy) is 2. The Morgan fingerprint density at radius 1 is 1.04 bits per heavy atom. The van der Waals surface area contributed by atoms with Crippen LogP contribution in [0.25, 0.3) is 5.69 Å². The largest absolute Gasteiger partial charge is 0.465 e. The van der Waals surface area contributed by atoms with Gasteiger partial charge in [-0.25, -0.2) is 14.3 Å². The molecule has 1 N–H and O–H groups in total. The Morgan fingerprint density at radius 3 is 2.50 bits per heavy atom. The van der Waals surface area contributed by atoms with Crippen LogP contribution in [0, 0.1) is 0 Å². The van der Waals surface area contributed by atoms with Crippen molar-refractivity contribution in [1.29, 1.82) is 0 Å². The number of hydrogen-bond donors (Lipinski definition) is 1. The molecule has 0 saturated heterocycles. The van der Waals surface area contributed by atoms with Gasteiger partial charge in [0.25, 0.3) is 5.91 Å². The molecule has 0 aliphatic heterocycles. The minimum Gasteiger partial charge on any atom is -0.465 e. The summed E-state index contributed by atoms with van der Waals surface area (Å²) in [5.74, 6) is -1.65. The first kappa shape index (κ1) is 18.7. The van der Waals surface area contributed by atoms with Crippen LogP contribution in [0.4, 0.5) is 5.69 Å². The van der Waals surface area contributed by atoms with Crippen molar-refractivity contribution in [2.24, 2.45) is 0 Å². The number of anilines is 1. The van der Waals surface area contributed by atoms with Crippen molar-refractivity contribution in [3.63, 3.8) is 0 Å². The minimum absolute atomic E-state index is 0.253. The van der Waals surface area contributed by atoms with Crippen molar-refractivity contribution >= 4 is 23.5 Å². The predicted octanol–water partition coefficient (Wildman–Crippen LogP) is 1.24. The number of amides is 1. The van der Waals surface area contributed by atoms with Gasteiger partial charge in [-0.1, -0.05) is 6.07 Å². The van der Waals surface area contributed by atoms with Gasteiger partial charge in [0.15, 0.2) is 6.61 Å². The Hall–Kier alpha value is -4.08. The summed E-state index contributed by atoms with van der Waals surface area (Å²) in [6, 6.07) is 12.6. The lowest BCUT2D eigenvalue weighted by molar-refractivity contribution is -0.119. The summed E-state index contributed by atoms with van der Waals surface area (Å²) in [5, 5.41) is 13.4. The molecule has 0 unspecified atom stereocenters. The van der Waals surface area contributed by atoms with Crippen LogP contribution in [0.1, 0.15) is 20.7 Å². The molecule has 0 aliphatic carbocycles. The molecule has 0 fully saturated rings. The van der Waals surface area contributed by atoms with Crippen LogP contribution in [0.15, 0.2) is 54.9 Å². The fourth-order valence-electron chi connectivity index (χ4n) is 2.27. The lowest BCUT2D eigenvalue weighted by atomic mass is 10.2. The molecule has 142 valence electrons. The lowest BCUT2D eigenvalue weighted by Gasteiger charge is -2.08. The molecule has 28 heavy (non-hydrogen) atoms. The van der Waals surface area contributed by atoms with Gasteiger partial charge < -0.3 is 14.8 Å². The van der Waals surface area contributed by atoms with Crippen molar-refractivity contribution < 1.29 is 23.9 Å². The van der Waals surface area contributed by atoms with E-state index in [1.807, 2.05) is 0 Å². The highest BCUT2D eigenvalue weighted by Gasteiger charge is 2.12. The third kappa shape index (κ3) is 4.55. The number of methoxy groups -OCH3 is 1. The molecule has 3 aromatic rings. The van der Waals surface area contributed by atoms with Crippen molar-refractivity contribution in [2.45, 2.75) is 0 Å². The van der Waals surface area contributed by atoms with Crippen LogP contribution in [-0.2, 0) is 14.3 Å². The third-order valence-corrected chi connectivity index (χ3v) is 3.62. The van der Waals surface area contributed by atoms with Crippen molar-refractivity contribution in [3.8, 4) is 5.69 Å². The summed E-state index contributed by atoms with van der Waals surface area (Å²) in [6.45, 7) is -0.466. The summed E-state index contributed by atoms with van der Waals surface area (Å²) >= 11 is 0. The second kappa shape index (κ2) is 8.54. The van der Waals surface area contributed by atoms with Gasteiger partial charge in [0.2, 0.25) is 0 Å². The predicted molar refractivity (Wildman–Crippen MR) is 95.8 cm³/mol. The fraction of sp³-hybridized carbons (Fsp3) is 0.111. The number of aromatic nitrogens is 4. The Morgan fingerprint density at radius 2 is 1.82 bits per heavy atom. The van der Waals surface area contributed by atoms with Gasteiger partial charge in [0, 0.05) is 5.69 Å². The molecular weight excluding hydrogens is 366 g/mol. The van der Waals surface area contributed by atoms with Crippen LogP contribution >= 0.6 is 0 Å². The monoisotopic (exact) mass is 381 g/mol. The summed E-state index contributed by atoms with van der Waals surface area (Å²) in [7, 11) is 1.28. The van der Waals surface area contributed by atoms with E-state index in [0.717, 1.165) is 0 Å². The molecule has 0 atom stereocenters. The highest BCUT2D eigenvalue weighted by atomic mass is 16.5. The number of benzene rings is 2. The first-order chi connectivity index (χ1) is 13.6.